The van der Waals surface area contributed by atoms with Crippen molar-refractivity contribution >= 4 is 41.4 Å². The molecule has 0 bridgehead atoms. The van der Waals surface area contributed by atoms with Crippen LogP contribution < -0.4 is 15.1 Å². The van der Waals surface area contributed by atoms with Gasteiger partial charge in [0.05, 0.1) is 30.8 Å². The van der Waals surface area contributed by atoms with Gasteiger partial charge in [-0.25, -0.2) is 24.5 Å². The molecule has 1 aliphatic carbocycles. The predicted octanol–water partition coefficient (Wildman–Crippen LogP) is 6.54. The SMILES string of the molecule is COC(=O)C(NC(=O)N1C(=O)C2(c3cc(C#CC4(O)CCCCCC4)ccc31)C(C(=O)N1CCN(c3ncccn3)CC1)C1C(=O)OC(c3ccccc3)C(c3ccccc3)N1C2c1ccc(O)cc1)C(C)C. The van der Waals surface area contributed by atoms with E-state index < -0.39 is 82.9 Å². The van der Waals surface area contributed by atoms with Gasteiger partial charge in [0.15, 0.2) is 0 Å². The highest BCUT2D eigenvalue weighted by Crippen LogP contribution is 2.66. The van der Waals surface area contributed by atoms with Crippen LogP contribution in [0.5, 0.6) is 5.75 Å². The molecule has 7 unspecified atom stereocenters. The minimum atomic E-state index is -2.11. The summed E-state index contributed by atoms with van der Waals surface area (Å²) in [6, 6.07) is 26.3. The molecule has 4 amide bonds. The van der Waals surface area contributed by atoms with E-state index in [2.05, 4.69) is 27.1 Å². The maximum atomic E-state index is 16.8. The minimum absolute atomic E-state index is 0.0595. The van der Waals surface area contributed by atoms with E-state index >= 15 is 19.2 Å². The standard InChI is InChI=1S/C57H59N7O9/c1-36(2)45(51(67)72-3)60-55(70)63-43-24-19-37(25-28-56(71)26-12-4-5-13-27-56)35-42(43)57(53(63)69)44(50(66)61-31-33-62(34-32-61)54-58-29-14-30-59-54)47-52(68)73-48(39-17-10-7-11-18-39)46(38-15-8-6-9-16-38)64(47)49(57)40-20-22-41(65)23-21-40/h6-11,14-24,29-30,35-36,44-49,65,71H,4-5,12-13,26-27,31-34H2,1-3H3,(H,60,70). The third-order valence-electron chi connectivity index (χ3n) is 15.3. The van der Waals surface area contributed by atoms with Gasteiger partial charge in [0.1, 0.15) is 35.0 Å². The first kappa shape index (κ1) is 49.0. The highest BCUT2D eigenvalue weighted by atomic mass is 16.6. The topological polar surface area (TPSA) is 195 Å². The Labute approximate surface area is 424 Å². The second kappa shape index (κ2) is 20.1. The van der Waals surface area contributed by atoms with Crippen LogP contribution in [0.2, 0.25) is 0 Å². The maximum Gasteiger partial charge on any atom is 0.329 e. The third kappa shape index (κ3) is 8.84. The molecule has 3 N–H and O–H groups in total. The molecular formula is C57H59N7O9. The normalized spacial score (nSPS) is 24.9. The molecular weight excluding hydrogens is 927 g/mol. The lowest BCUT2D eigenvalue weighted by Crippen LogP contribution is -2.60. The van der Waals surface area contributed by atoms with Gasteiger partial charge < -0.3 is 34.8 Å². The molecule has 5 aliphatic rings. The molecule has 7 atom stereocenters. The van der Waals surface area contributed by atoms with Gasteiger partial charge in [0, 0.05) is 44.1 Å². The number of ether oxygens (including phenoxy) is 2. The van der Waals surface area contributed by atoms with Gasteiger partial charge in [-0.05, 0) is 90.3 Å². The minimum Gasteiger partial charge on any atom is -0.508 e. The molecule has 73 heavy (non-hydrogen) atoms. The van der Waals surface area contributed by atoms with Gasteiger partial charge in [-0.3, -0.25) is 19.3 Å². The first-order chi connectivity index (χ1) is 35.3. The Bertz CT molecular complexity index is 2930. The number of nitrogens with zero attached hydrogens (tertiary/aromatic N) is 6. The second-order valence-electron chi connectivity index (χ2n) is 20.0. The predicted molar refractivity (Wildman–Crippen MR) is 270 cm³/mol. The highest BCUT2D eigenvalue weighted by Gasteiger charge is 2.76. The number of piperazine rings is 1. The van der Waals surface area contributed by atoms with Crippen molar-refractivity contribution in [1.82, 2.24) is 25.1 Å². The van der Waals surface area contributed by atoms with Crippen LogP contribution in [0.4, 0.5) is 16.4 Å². The van der Waals surface area contributed by atoms with Crippen LogP contribution in [-0.4, -0.2) is 111 Å². The fourth-order valence-corrected chi connectivity index (χ4v) is 11.8. The van der Waals surface area contributed by atoms with E-state index in [-0.39, 0.29) is 30.1 Å². The zero-order valence-electron chi connectivity index (χ0n) is 41.1. The zero-order valence-corrected chi connectivity index (χ0v) is 41.1. The number of esters is 2. The number of fused-ring (bicyclic) bond motifs is 3. The number of carbonyl (C=O) groups excluding carboxylic acids is 5. The number of phenolic OH excluding ortho intramolecular Hbond substituents is 1. The van der Waals surface area contributed by atoms with Crippen molar-refractivity contribution in [3.05, 3.63) is 149 Å². The number of urea groups is 1. The summed E-state index contributed by atoms with van der Waals surface area (Å²) in [5.74, 6) is 2.00. The average molecular weight is 986 g/mol. The Hall–Kier alpha value is -7.61. The van der Waals surface area contributed by atoms with Crippen molar-refractivity contribution in [2.75, 3.05) is 43.1 Å². The fraction of sp³-hybridized carbons (Fsp3) is 0.386. The number of nitrogens with one attached hydrogen (secondary N) is 1. The van der Waals surface area contributed by atoms with Gasteiger partial charge in [0.25, 0.3) is 0 Å². The molecule has 4 aromatic carbocycles. The van der Waals surface area contributed by atoms with E-state index in [0.717, 1.165) is 36.1 Å². The number of hydrogen-bond acceptors (Lipinski definition) is 13. The lowest BCUT2D eigenvalue weighted by molar-refractivity contribution is -0.179. The maximum absolute atomic E-state index is 16.8. The average Bonchev–Trinajstić information content (AvgIpc) is 3.75. The Kier molecular flexibility index (Phi) is 13.5. The summed E-state index contributed by atoms with van der Waals surface area (Å²) in [5, 5.41) is 25.4. The molecule has 5 aromatic rings. The number of rotatable bonds is 8. The first-order valence-corrected chi connectivity index (χ1v) is 25.1. The summed E-state index contributed by atoms with van der Waals surface area (Å²) in [7, 11) is 1.22. The lowest BCUT2D eigenvalue weighted by Gasteiger charge is -2.46. The van der Waals surface area contributed by atoms with E-state index in [1.165, 1.54) is 19.2 Å². The van der Waals surface area contributed by atoms with Gasteiger partial charge in [0.2, 0.25) is 17.8 Å². The smallest absolute Gasteiger partial charge is 0.329 e. The molecule has 376 valence electrons. The van der Waals surface area contributed by atoms with E-state index in [0.29, 0.717) is 48.6 Å². The van der Waals surface area contributed by atoms with Gasteiger partial charge in [-0.15, -0.1) is 0 Å². The molecule has 10 rings (SSSR count). The number of aromatic nitrogens is 2. The quantitative estimate of drug-likeness (QED) is 0.0863. The van der Waals surface area contributed by atoms with Crippen LogP contribution in [0, 0.1) is 23.7 Å². The molecule has 4 aliphatic heterocycles. The van der Waals surface area contributed by atoms with Crippen molar-refractivity contribution in [3.8, 4) is 17.6 Å². The van der Waals surface area contributed by atoms with Gasteiger partial charge in [-0.1, -0.05) is 111 Å². The lowest BCUT2D eigenvalue weighted by atomic mass is 9.64. The summed E-state index contributed by atoms with van der Waals surface area (Å²) >= 11 is 0. The van der Waals surface area contributed by atoms with Crippen LogP contribution in [0.15, 0.2) is 122 Å². The number of benzene rings is 4. The number of hydrogen-bond donors (Lipinski definition) is 3. The third-order valence-corrected chi connectivity index (χ3v) is 15.3. The van der Waals surface area contributed by atoms with Gasteiger partial charge in [-0.2, -0.15) is 0 Å². The van der Waals surface area contributed by atoms with Crippen molar-refractivity contribution in [3.63, 3.8) is 0 Å². The molecule has 1 spiro atoms. The number of amides is 4. The number of cyclic esters (lactones) is 1. The summed E-state index contributed by atoms with van der Waals surface area (Å²) in [5.41, 5.74) is -0.748. The van der Waals surface area contributed by atoms with Crippen molar-refractivity contribution in [2.45, 2.75) is 93.7 Å². The van der Waals surface area contributed by atoms with Crippen molar-refractivity contribution < 1.29 is 43.7 Å². The van der Waals surface area contributed by atoms with E-state index in [1.54, 1.807) is 67.5 Å². The monoisotopic (exact) mass is 985 g/mol. The Balaban J connectivity index is 1.24. The fourth-order valence-electron chi connectivity index (χ4n) is 11.8. The summed E-state index contributed by atoms with van der Waals surface area (Å²) in [6.07, 6.45) is 6.91. The number of phenols is 1. The number of methoxy groups -OCH3 is 1. The Morgan fingerprint density at radius 1 is 0.795 bits per heavy atom. The number of morpholine rings is 1. The van der Waals surface area contributed by atoms with E-state index in [4.69, 9.17) is 9.47 Å². The van der Waals surface area contributed by atoms with Crippen LogP contribution in [0.3, 0.4) is 0 Å². The van der Waals surface area contributed by atoms with Crippen molar-refractivity contribution in [1.29, 1.82) is 0 Å². The zero-order chi connectivity index (χ0) is 51.0. The summed E-state index contributed by atoms with van der Waals surface area (Å²) in [4.78, 5) is 92.7. The van der Waals surface area contributed by atoms with Crippen LogP contribution in [0.25, 0.3) is 0 Å². The Morgan fingerprint density at radius 2 is 1.44 bits per heavy atom. The molecule has 1 aromatic heterocycles. The number of aromatic hydroxyl groups is 1. The van der Waals surface area contributed by atoms with E-state index in [1.807, 2.05) is 70.5 Å². The summed E-state index contributed by atoms with van der Waals surface area (Å²) < 4.78 is 11.8. The number of imide groups is 1. The number of anilines is 2. The van der Waals surface area contributed by atoms with Crippen LogP contribution in [0.1, 0.15) is 98.4 Å². The molecule has 5 heterocycles. The Morgan fingerprint density at radius 3 is 2.07 bits per heavy atom. The molecule has 1 saturated carbocycles. The summed E-state index contributed by atoms with van der Waals surface area (Å²) in [6.45, 7) is 4.50. The largest absolute Gasteiger partial charge is 0.508 e. The molecule has 16 nitrogen and oxygen atoms in total. The number of carbonyl (C=O) groups is 5. The number of aliphatic hydroxyl groups is 1. The second-order valence-corrected chi connectivity index (χ2v) is 20.0. The van der Waals surface area contributed by atoms with Crippen LogP contribution in [-0.2, 0) is 34.1 Å². The molecule has 4 fully saturated rings. The molecule has 3 saturated heterocycles. The van der Waals surface area contributed by atoms with Crippen molar-refractivity contribution in [2.24, 2.45) is 11.8 Å². The first-order valence-electron chi connectivity index (χ1n) is 25.1. The highest BCUT2D eigenvalue weighted by molar-refractivity contribution is 6.25. The van der Waals surface area contributed by atoms with Crippen LogP contribution >= 0.6 is 0 Å². The molecule has 0 radical (unpaired) electrons. The van der Waals surface area contributed by atoms with Gasteiger partial charge >= 0.3 is 18.0 Å². The molecule has 16 heteroatoms. The van der Waals surface area contributed by atoms with E-state index in [9.17, 15) is 15.0 Å².